The van der Waals surface area contributed by atoms with Crippen molar-refractivity contribution < 1.29 is 9.53 Å². The quantitative estimate of drug-likeness (QED) is 0.844. The van der Waals surface area contributed by atoms with Crippen molar-refractivity contribution in [1.29, 1.82) is 0 Å². The molecule has 0 aliphatic heterocycles. The molecule has 4 heteroatoms. The van der Waals surface area contributed by atoms with E-state index in [2.05, 4.69) is 19.2 Å². The second-order valence-electron chi connectivity index (χ2n) is 6.37. The van der Waals surface area contributed by atoms with Crippen LogP contribution in [0.5, 0.6) is 5.75 Å². The van der Waals surface area contributed by atoms with Crippen LogP contribution < -0.4 is 15.8 Å². The van der Waals surface area contributed by atoms with Gasteiger partial charge in [0.2, 0.25) is 5.91 Å². The average Bonchev–Trinajstić information content (AvgIpc) is 2.89. The molecule has 21 heavy (non-hydrogen) atoms. The van der Waals surface area contributed by atoms with Crippen LogP contribution in [0.1, 0.15) is 46.0 Å². The second-order valence-corrected chi connectivity index (χ2v) is 6.37. The minimum Gasteiger partial charge on any atom is -0.494 e. The van der Waals surface area contributed by atoms with Crippen LogP contribution >= 0.6 is 0 Å². The van der Waals surface area contributed by atoms with Crippen molar-refractivity contribution in [3.05, 3.63) is 24.3 Å². The van der Waals surface area contributed by atoms with Crippen LogP contribution in [0.3, 0.4) is 0 Å². The number of benzene rings is 1. The van der Waals surface area contributed by atoms with E-state index in [1.807, 2.05) is 24.3 Å². The van der Waals surface area contributed by atoms with Crippen molar-refractivity contribution in [3.8, 4) is 5.75 Å². The number of ether oxygens (including phenoxy) is 1. The Morgan fingerprint density at radius 2 is 1.90 bits per heavy atom. The highest BCUT2D eigenvalue weighted by Gasteiger charge is 2.36. The normalized spacial score (nSPS) is 17.0. The summed E-state index contributed by atoms with van der Waals surface area (Å²) in [5.74, 6) is 1.39. The van der Waals surface area contributed by atoms with Gasteiger partial charge in [0.1, 0.15) is 5.75 Å². The summed E-state index contributed by atoms with van der Waals surface area (Å²) in [4.78, 5) is 12.2. The molecule has 0 spiro atoms. The first-order chi connectivity index (χ1) is 9.99. The summed E-state index contributed by atoms with van der Waals surface area (Å²) < 4.78 is 5.66. The topological polar surface area (TPSA) is 64.3 Å². The largest absolute Gasteiger partial charge is 0.494 e. The van der Waals surface area contributed by atoms with Crippen LogP contribution in [-0.2, 0) is 4.79 Å². The van der Waals surface area contributed by atoms with E-state index in [1.165, 1.54) is 0 Å². The summed E-state index contributed by atoms with van der Waals surface area (Å²) >= 11 is 0. The van der Waals surface area contributed by atoms with Crippen molar-refractivity contribution in [3.63, 3.8) is 0 Å². The standard InChI is InChI=1S/C17H26N2O2/c1-13(2)9-12-21-15-7-5-14(6-8-15)19-16(20)17(18)10-3-4-11-17/h5-8,13H,3-4,9-12,18H2,1-2H3,(H,19,20). The summed E-state index contributed by atoms with van der Waals surface area (Å²) in [7, 11) is 0. The molecule has 1 aliphatic rings. The third-order valence-corrected chi connectivity index (χ3v) is 4.02. The molecule has 0 bridgehead atoms. The van der Waals surface area contributed by atoms with Gasteiger partial charge >= 0.3 is 0 Å². The van der Waals surface area contributed by atoms with E-state index in [0.29, 0.717) is 5.92 Å². The lowest BCUT2D eigenvalue weighted by atomic mass is 9.98. The number of nitrogens with two attached hydrogens (primary N) is 1. The summed E-state index contributed by atoms with van der Waals surface area (Å²) in [5.41, 5.74) is 6.22. The number of hydrogen-bond acceptors (Lipinski definition) is 3. The molecule has 2 rings (SSSR count). The van der Waals surface area contributed by atoms with E-state index in [-0.39, 0.29) is 5.91 Å². The van der Waals surface area contributed by atoms with Gasteiger partial charge in [0.25, 0.3) is 0 Å². The van der Waals surface area contributed by atoms with Crippen molar-refractivity contribution >= 4 is 11.6 Å². The van der Waals surface area contributed by atoms with Gasteiger partial charge in [-0.25, -0.2) is 0 Å². The molecule has 0 atom stereocenters. The second kappa shape index (κ2) is 6.94. The summed E-state index contributed by atoms with van der Waals surface area (Å²) in [6, 6.07) is 7.49. The fraction of sp³-hybridized carbons (Fsp3) is 0.588. The molecule has 0 unspecified atom stereocenters. The molecule has 3 N–H and O–H groups in total. The van der Waals surface area contributed by atoms with Gasteiger partial charge in [-0.3, -0.25) is 4.79 Å². The van der Waals surface area contributed by atoms with Gasteiger partial charge < -0.3 is 15.8 Å². The Morgan fingerprint density at radius 1 is 1.29 bits per heavy atom. The zero-order valence-corrected chi connectivity index (χ0v) is 13.0. The van der Waals surface area contributed by atoms with Crippen LogP contribution in [0.4, 0.5) is 5.69 Å². The molecule has 0 saturated heterocycles. The first-order valence-corrected chi connectivity index (χ1v) is 7.83. The maximum Gasteiger partial charge on any atom is 0.244 e. The van der Waals surface area contributed by atoms with E-state index in [9.17, 15) is 4.79 Å². The average molecular weight is 290 g/mol. The van der Waals surface area contributed by atoms with E-state index in [1.54, 1.807) is 0 Å². The highest BCUT2D eigenvalue weighted by molar-refractivity contribution is 5.98. The third kappa shape index (κ3) is 4.46. The van der Waals surface area contributed by atoms with Gasteiger partial charge in [-0.2, -0.15) is 0 Å². The fourth-order valence-corrected chi connectivity index (χ4v) is 2.54. The van der Waals surface area contributed by atoms with Crippen LogP contribution in [0, 0.1) is 5.92 Å². The number of nitrogens with one attached hydrogen (secondary N) is 1. The van der Waals surface area contributed by atoms with Gasteiger partial charge in [0, 0.05) is 5.69 Å². The number of hydrogen-bond donors (Lipinski definition) is 2. The Balaban J connectivity index is 1.86. The number of anilines is 1. The lowest BCUT2D eigenvalue weighted by molar-refractivity contribution is -0.121. The van der Waals surface area contributed by atoms with E-state index >= 15 is 0 Å². The van der Waals surface area contributed by atoms with E-state index in [0.717, 1.165) is 50.1 Å². The molecule has 1 amide bonds. The molecule has 4 nitrogen and oxygen atoms in total. The molecule has 1 aromatic rings. The molecule has 1 saturated carbocycles. The van der Waals surface area contributed by atoms with Gasteiger partial charge in [-0.1, -0.05) is 26.7 Å². The molecule has 116 valence electrons. The van der Waals surface area contributed by atoms with Crippen molar-refractivity contribution in [2.75, 3.05) is 11.9 Å². The van der Waals surface area contributed by atoms with Crippen molar-refractivity contribution in [2.45, 2.75) is 51.5 Å². The molecular formula is C17H26N2O2. The maximum atomic E-state index is 12.2. The molecule has 1 fully saturated rings. The SMILES string of the molecule is CC(C)CCOc1ccc(NC(=O)C2(N)CCCC2)cc1. The van der Waals surface area contributed by atoms with Crippen LogP contribution in [-0.4, -0.2) is 18.1 Å². The smallest absolute Gasteiger partial charge is 0.244 e. The van der Waals surface area contributed by atoms with E-state index < -0.39 is 5.54 Å². The Morgan fingerprint density at radius 3 is 2.48 bits per heavy atom. The van der Waals surface area contributed by atoms with Crippen molar-refractivity contribution in [2.24, 2.45) is 11.7 Å². The van der Waals surface area contributed by atoms with Crippen LogP contribution in [0.15, 0.2) is 24.3 Å². The number of amides is 1. The van der Waals surface area contributed by atoms with Gasteiger partial charge in [-0.15, -0.1) is 0 Å². The summed E-state index contributed by atoms with van der Waals surface area (Å²) in [5, 5.41) is 2.91. The lowest BCUT2D eigenvalue weighted by Crippen LogP contribution is -2.48. The zero-order chi connectivity index (χ0) is 15.3. The Labute approximate surface area is 127 Å². The number of rotatable bonds is 6. The predicted octanol–water partition coefficient (Wildman–Crippen LogP) is 3.32. The Hall–Kier alpha value is -1.55. The molecule has 1 aliphatic carbocycles. The van der Waals surface area contributed by atoms with E-state index in [4.69, 9.17) is 10.5 Å². The Bertz CT molecular complexity index is 462. The number of carbonyl (C=O) groups is 1. The lowest BCUT2D eigenvalue weighted by Gasteiger charge is -2.22. The fourth-order valence-electron chi connectivity index (χ4n) is 2.54. The molecule has 0 heterocycles. The van der Waals surface area contributed by atoms with Crippen LogP contribution in [0.2, 0.25) is 0 Å². The third-order valence-electron chi connectivity index (χ3n) is 4.02. The Kier molecular flexibility index (Phi) is 5.23. The van der Waals surface area contributed by atoms with Gasteiger partial charge in [-0.05, 0) is 49.4 Å². The minimum atomic E-state index is -0.688. The first-order valence-electron chi connectivity index (χ1n) is 7.83. The highest BCUT2D eigenvalue weighted by Crippen LogP contribution is 2.28. The molecule has 0 aromatic heterocycles. The van der Waals surface area contributed by atoms with Gasteiger partial charge in [0.05, 0.1) is 12.1 Å². The van der Waals surface area contributed by atoms with Gasteiger partial charge in [0.15, 0.2) is 0 Å². The molecular weight excluding hydrogens is 264 g/mol. The molecule has 1 aromatic carbocycles. The predicted molar refractivity (Wildman–Crippen MR) is 85.4 cm³/mol. The molecule has 0 radical (unpaired) electrons. The van der Waals surface area contributed by atoms with Crippen LogP contribution in [0.25, 0.3) is 0 Å². The maximum absolute atomic E-state index is 12.2. The zero-order valence-electron chi connectivity index (χ0n) is 13.0. The first kappa shape index (κ1) is 15.8. The monoisotopic (exact) mass is 290 g/mol. The summed E-state index contributed by atoms with van der Waals surface area (Å²) in [6.45, 7) is 5.07. The highest BCUT2D eigenvalue weighted by atomic mass is 16.5. The summed E-state index contributed by atoms with van der Waals surface area (Å²) in [6.07, 6.45) is 4.65. The van der Waals surface area contributed by atoms with Crippen molar-refractivity contribution in [1.82, 2.24) is 0 Å². The number of carbonyl (C=O) groups excluding carboxylic acids is 1. The minimum absolute atomic E-state index is 0.0755.